The molecule has 252 valence electrons. The zero-order valence-corrected chi connectivity index (χ0v) is 30.1. The summed E-state index contributed by atoms with van der Waals surface area (Å²) in [6.45, 7) is 10.7. The van der Waals surface area contributed by atoms with Crippen LogP contribution in [0, 0.1) is 0 Å². The van der Waals surface area contributed by atoms with Crippen LogP contribution < -0.4 is 14.8 Å². The van der Waals surface area contributed by atoms with E-state index in [1.54, 1.807) is 24.3 Å². The van der Waals surface area contributed by atoms with Crippen LogP contribution in [0.25, 0.3) is 10.9 Å². The van der Waals surface area contributed by atoms with Crippen molar-refractivity contribution < 1.29 is 18.0 Å². The maximum Gasteiger partial charge on any atom is 0.210 e. The minimum atomic E-state index is -3.87. The van der Waals surface area contributed by atoms with E-state index < -0.39 is 18.9 Å². The largest absolute Gasteiger partial charge is 0.494 e. The van der Waals surface area contributed by atoms with E-state index in [-0.39, 0.29) is 9.79 Å². The maximum absolute atomic E-state index is 14.3. The van der Waals surface area contributed by atoms with Gasteiger partial charge < -0.3 is 19.3 Å². The predicted molar refractivity (Wildman–Crippen MR) is 191 cm³/mol. The fourth-order valence-electron chi connectivity index (χ4n) is 6.87. The van der Waals surface area contributed by atoms with Crippen molar-refractivity contribution in [2.45, 2.75) is 93.5 Å². The average molecular weight is 667 g/mol. The third kappa shape index (κ3) is 8.69. The van der Waals surface area contributed by atoms with E-state index in [0.29, 0.717) is 24.1 Å². The molecule has 2 aliphatic rings. The van der Waals surface area contributed by atoms with Gasteiger partial charge in [-0.15, -0.1) is 0 Å². The normalized spacial score (nSPS) is 17.9. The first-order chi connectivity index (χ1) is 22.3. The first kappa shape index (κ1) is 34.8. The Hall–Kier alpha value is -2.50. The van der Waals surface area contributed by atoms with Crippen LogP contribution in [0.3, 0.4) is 0 Å². The number of fused-ring (bicyclic) bond motifs is 1. The number of hydrogen-bond acceptors (Lipinski definition) is 8. The summed E-state index contributed by atoms with van der Waals surface area (Å²) in [5.41, 5.74) is 1.46. The Labute approximate surface area is 278 Å². The zero-order chi connectivity index (χ0) is 32.5. The summed E-state index contributed by atoms with van der Waals surface area (Å²) in [6, 6.07) is 13.2. The number of piperidine rings is 1. The van der Waals surface area contributed by atoms with E-state index in [1.807, 2.05) is 24.7 Å². The number of pyridine rings is 1. The Morgan fingerprint density at radius 2 is 1.54 bits per heavy atom. The van der Waals surface area contributed by atoms with Crippen LogP contribution in [0.2, 0.25) is 6.55 Å². The van der Waals surface area contributed by atoms with Crippen molar-refractivity contribution in [3.8, 4) is 5.75 Å². The van der Waals surface area contributed by atoms with Gasteiger partial charge in [0.25, 0.3) is 0 Å². The third-order valence-corrected chi connectivity index (χ3v) is 12.9. The van der Waals surface area contributed by atoms with Gasteiger partial charge in [0.1, 0.15) is 10.6 Å². The molecular formula is C36H54N4O4SSi. The summed E-state index contributed by atoms with van der Waals surface area (Å²) in [7, 11) is -3.79. The molecule has 0 saturated carbocycles. The maximum atomic E-state index is 14.3. The van der Waals surface area contributed by atoms with E-state index in [9.17, 15) is 13.2 Å². The number of nitrogens with zero attached hydrogens (tertiary/aromatic N) is 4. The molecule has 8 nitrogen and oxygen atoms in total. The van der Waals surface area contributed by atoms with Gasteiger partial charge >= 0.3 is 0 Å². The van der Waals surface area contributed by atoms with Crippen LogP contribution in [0.5, 0.6) is 5.75 Å². The lowest BCUT2D eigenvalue weighted by Crippen LogP contribution is -2.52. The van der Waals surface area contributed by atoms with Gasteiger partial charge in [0.2, 0.25) is 18.9 Å². The van der Waals surface area contributed by atoms with Crippen molar-refractivity contribution in [3.05, 3.63) is 48.7 Å². The fraction of sp³-hybridized carbons (Fsp3) is 0.583. The van der Waals surface area contributed by atoms with Gasteiger partial charge in [-0.25, -0.2) is 8.42 Å². The van der Waals surface area contributed by atoms with Crippen LogP contribution in [0.1, 0.15) is 71.1 Å². The molecule has 1 atom stereocenters. The molecular weight excluding hydrogens is 613 g/mol. The Morgan fingerprint density at radius 1 is 0.891 bits per heavy atom. The fourth-order valence-corrected chi connectivity index (χ4v) is 9.09. The van der Waals surface area contributed by atoms with E-state index in [0.717, 1.165) is 81.0 Å². The zero-order valence-electron chi connectivity index (χ0n) is 28.2. The number of anilines is 1. The molecule has 0 amide bonds. The molecule has 2 aliphatic heterocycles. The topological polar surface area (TPSA) is 86.2 Å². The lowest BCUT2D eigenvalue weighted by Gasteiger charge is -2.43. The van der Waals surface area contributed by atoms with Crippen molar-refractivity contribution in [1.29, 1.82) is 0 Å². The summed E-state index contributed by atoms with van der Waals surface area (Å²) in [5.74, 6) is 0.691. The molecule has 2 fully saturated rings. The number of ether oxygens (including phenoxy) is 1. The van der Waals surface area contributed by atoms with Gasteiger partial charge in [-0.3, -0.25) is 9.88 Å². The van der Waals surface area contributed by atoms with Crippen LogP contribution in [0.15, 0.2) is 58.5 Å². The van der Waals surface area contributed by atoms with E-state index in [1.165, 1.54) is 44.7 Å². The quantitative estimate of drug-likeness (QED) is 0.172. The molecule has 3 heterocycles. The first-order valence-corrected chi connectivity index (χ1v) is 21.3. The number of likely N-dealkylation sites (N-methyl/N-ethyl adjacent to an activating group) is 1. The van der Waals surface area contributed by atoms with Crippen LogP contribution in [0.4, 0.5) is 5.69 Å². The molecule has 0 spiro atoms. The second-order valence-electron chi connectivity index (χ2n) is 13.3. The Kier molecular flexibility index (Phi) is 12.5. The minimum Gasteiger partial charge on any atom is -0.494 e. The molecule has 2 aromatic carbocycles. The summed E-state index contributed by atoms with van der Waals surface area (Å²) in [4.78, 5) is 22.8. The molecule has 0 radical (unpaired) electrons. The second kappa shape index (κ2) is 16.5. The van der Waals surface area contributed by atoms with Crippen LogP contribution >= 0.6 is 0 Å². The Morgan fingerprint density at radius 3 is 2.20 bits per heavy atom. The van der Waals surface area contributed by atoms with Gasteiger partial charge in [-0.05, 0) is 74.4 Å². The molecule has 1 N–H and O–H groups in total. The smallest absolute Gasteiger partial charge is 0.210 e. The molecule has 2 saturated heterocycles. The monoisotopic (exact) mass is 666 g/mol. The van der Waals surface area contributed by atoms with Crippen molar-refractivity contribution >= 4 is 40.7 Å². The van der Waals surface area contributed by atoms with Gasteiger partial charge in [0.15, 0.2) is 0 Å². The van der Waals surface area contributed by atoms with E-state index in [4.69, 9.17) is 4.74 Å². The highest BCUT2D eigenvalue weighted by atomic mass is 32.2. The third-order valence-electron chi connectivity index (χ3n) is 9.84. The lowest BCUT2D eigenvalue weighted by atomic mass is 10.0. The van der Waals surface area contributed by atoms with Gasteiger partial charge in [-0.2, -0.15) is 0 Å². The van der Waals surface area contributed by atoms with Crippen molar-refractivity contribution in [2.75, 3.05) is 57.8 Å². The molecule has 3 aromatic rings. The summed E-state index contributed by atoms with van der Waals surface area (Å²) in [5, 5.41) is 1.69. The van der Waals surface area contributed by atoms with Crippen molar-refractivity contribution in [3.63, 3.8) is 0 Å². The molecule has 0 aliphatic carbocycles. The molecule has 0 bridgehead atoms. The summed E-state index contributed by atoms with van der Waals surface area (Å²) < 4.78 is 34.5. The van der Waals surface area contributed by atoms with Crippen LogP contribution in [-0.4, -0.2) is 96.0 Å². The molecule has 46 heavy (non-hydrogen) atoms. The second-order valence-corrected chi connectivity index (χ2v) is 17.2. The average Bonchev–Trinajstić information content (AvgIpc) is 3.07. The van der Waals surface area contributed by atoms with Gasteiger partial charge in [0, 0.05) is 56.9 Å². The highest BCUT2D eigenvalue weighted by Crippen LogP contribution is 2.37. The van der Waals surface area contributed by atoms with Crippen molar-refractivity contribution in [1.82, 2.24) is 14.8 Å². The number of unbranched alkanes of at least 4 members (excludes halogenated alkanes) is 7. The SMILES string of the molecule is CCCCCCCCCCOc1ccc(S(=O)(=O)c2cnc3ccc([SiH](C)O)cc3c2N2CCC(N3CCN(C)CC3)CC2)cc1. The summed E-state index contributed by atoms with van der Waals surface area (Å²) in [6.07, 6.45) is 13.4. The number of rotatable bonds is 15. The predicted octanol–water partition coefficient (Wildman–Crippen LogP) is 5.36. The number of hydrogen-bond donors (Lipinski definition) is 1. The number of sulfone groups is 1. The summed E-state index contributed by atoms with van der Waals surface area (Å²) >= 11 is 0. The number of piperazine rings is 1. The molecule has 1 aromatic heterocycles. The highest BCUT2D eigenvalue weighted by molar-refractivity contribution is 7.91. The standard InChI is InChI=1S/C36H54N4O4SSi/c1-4-5-6-7-8-9-10-11-26-44-30-12-14-31(15-13-30)45(41,42)35-28-37-34-17-16-32(46(3)43)27-33(34)36(35)40-20-18-29(19-21-40)39-24-22-38(2)23-25-39/h12-17,27-29,43,46H,4-11,18-26H2,1-3H3. The molecule has 1 unspecified atom stereocenters. The van der Waals surface area contributed by atoms with E-state index in [2.05, 4.69) is 33.7 Å². The lowest BCUT2D eigenvalue weighted by molar-refractivity contribution is 0.0982. The van der Waals surface area contributed by atoms with Gasteiger partial charge in [-0.1, -0.05) is 57.9 Å². The van der Waals surface area contributed by atoms with E-state index >= 15 is 0 Å². The Bertz CT molecular complexity index is 1500. The van der Waals surface area contributed by atoms with Crippen LogP contribution in [-0.2, 0) is 9.84 Å². The number of benzene rings is 2. The van der Waals surface area contributed by atoms with Gasteiger partial charge in [0.05, 0.1) is 22.7 Å². The highest BCUT2D eigenvalue weighted by Gasteiger charge is 2.32. The molecule has 5 rings (SSSR count). The first-order valence-electron chi connectivity index (χ1n) is 17.5. The molecule has 10 heteroatoms. The Balaban J connectivity index is 1.32. The minimum absolute atomic E-state index is 0.232. The number of aromatic nitrogens is 1. The van der Waals surface area contributed by atoms with Crippen molar-refractivity contribution in [2.24, 2.45) is 0 Å².